The van der Waals surface area contributed by atoms with Crippen LogP contribution in [0.2, 0.25) is 5.02 Å². The molecule has 0 aliphatic heterocycles. The Morgan fingerprint density at radius 2 is 2.00 bits per heavy atom. The number of nitrogens with one attached hydrogen (secondary N) is 1. The minimum atomic E-state index is -0.622. The maximum Gasteiger partial charge on any atom is 0.328 e. The average molecular weight is 271 g/mol. The molecule has 0 unspecified atom stereocenters. The van der Waals surface area contributed by atoms with Crippen molar-refractivity contribution in [2.75, 3.05) is 0 Å². The van der Waals surface area contributed by atoms with Crippen LogP contribution in [0.5, 0.6) is 0 Å². The van der Waals surface area contributed by atoms with Crippen LogP contribution in [0.1, 0.15) is 32.1 Å². The van der Waals surface area contributed by atoms with E-state index in [-0.39, 0.29) is 23.3 Å². The zero-order valence-electron chi connectivity index (χ0n) is 9.95. The minimum Gasteiger partial charge on any atom is -0.297 e. The smallest absolute Gasteiger partial charge is 0.297 e. The summed E-state index contributed by atoms with van der Waals surface area (Å²) in [5, 5.41) is -0.0777. The van der Waals surface area contributed by atoms with Crippen molar-refractivity contribution in [3.8, 4) is 0 Å². The van der Waals surface area contributed by atoms with Crippen molar-refractivity contribution < 1.29 is 4.79 Å². The molecular formula is C12H15ClN2O3. The molecule has 6 heteroatoms. The van der Waals surface area contributed by atoms with Crippen LogP contribution in [0, 0.1) is 5.92 Å². The lowest BCUT2D eigenvalue weighted by Gasteiger charge is -2.20. The van der Waals surface area contributed by atoms with E-state index in [0.29, 0.717) is 0 Å². The molecule has 0 spiro atoms. The topological polar surface area (TPSA) is 71.9 Å². The molecule has 0 radical (unpaired) electrons. The number of carbonyl (C=O) groups excluding carboxylic acids is 1. The van der Waals surface area contributed by atoms with E-state index in [9.17, 15) is 14.4 Å². The van der Waals surface area contributed by atoms with Gasteiger partial charge in [0.05, 0.1) is 6.54 Å². The fourth-order valence-electron chi connectivity index (χ4n) is 2.32. The van der Waals surface area contributed by atoms with Gasteiger partial charge in [-0.1, -0.05) is 30.9 Å². The van der Waals surface area contributed by atoms with Crippen LogP contribution in [-0.4, -0.2) is 15.3 Å². The van der Waals surface area contributed by atoms with Gasteiger partial charge < -0.3 is 0 Å². The van der Waals surface area contributed by atoms with E-state index in [2.05, 4.69) is 4.98 Å². The van der Waals surface area contributed by atoms with Crippen LogP contribution in [0.15, 0.2) is 15.8 Å². The summed E-state index contributed by atoms with van der Waals surface area (Å²) in [4.78, 5) is 36.7. The Hall–Kier alpha value is -1.36. The molecule has 1 aliphatic carbocycles. The predicted octanol–water partition coefficient (Wildman–Crippen LogP) is 1.34. The SMILES string of the molecule is O=C(Cn1cc(Cl)c(=O)[nH]c1=O)C1CCCCC1. The average Bonchev–Trinajstić information content (AvgIpc) is 2.37. The van der Waals surface area contributed by atoms with Crippen molar-refractivity contribution in [2.24, 2.45) is 5.92 Å². The van der Waals surface area contributed by atoms with E-state index in [1.807, 2.05) is 0 Å². The summed E-state index contributed by atoms with van der Waals surface area (Å²) >= 11 is 5.64. The van der Waals surface area contributed by atoms with Crippen molar-refractivity contribution in [3.05, 3.63) is 32.1 Å². The van der Waals surface area contributed by atoms with E-state index in [4.69, 9.17) is 11.6 Å². The van der Waals surface area contributed by atoms with Gasteiger partial charge in [-0.2, -0.15) is 0 Å². The molecule has 98 valence electrons. The molecule has 1 aliphatic rings. The molecule has 1 saturated carbocycles. The second kappa shape index (κ2) is 5.52. The first-order valence-electron chi connectivity index (χ1n) is 6.10. The Bertz CT molecular complexity index is 555. The third-order valence-corrected chi connectivity index (χ3v) is 3.62. The molecule has 18 heavy (non-hydrogen) atoms. The molecule has 0 aromatic carbocycles. The Labute approximate surface area is 109 Å². The molecular weight excluding hydrogens is 256 g/mol. The summed E-state index contributed by atoms with van der Waals surface area (Å²) in [5.41, 5.74) is -1.21. The Morgan fingerprint density at radius 1 is 1.33 bits per heavy atom. The highest BCUT2D eigenvalue weighted by Crippen LogP contribution is 2.24. The second-order valence-electron chi connectivity index (χ2n) is 4.67. The molecule has 2 rings (SSSR count). The van der Waals surface area contributed by atoms with Gasteiger partial charge in [-0.05, 0) is 12.8 Å². The van der Waals surface area contributed by atoms with Gasteiger partial charge in [0.2, 0.25) is 0 Å². The second-order valence-corrected chi connectivity index (χ2v) is 5.07. The quantitative estimate of drug-likeness (QED) is 0.901. The number of rotatable bonds is 3. The van der Waals surface area contributed by atoms with Gasteiger partial charge in [0, 0.05) is 12.1 Å². The number of Topliss-reactive ketones (excluding diaryl/α,β-unsaturated/α-hetero) is 1. The molecule has 5 nitrogen and oxygen atoms in total. The fourth-order valence-corrected chi connectivity index (χ4v) is 2.49. The lowest BCUT2D eigenvalue weighted by molar-refractivity contribution is -0.124. The standard InChI is InChI=1S/C12H15ClN2O3/c13-9-6-15(12(18)14-11(9)17)7-10(16)8-4-2-1-3-5-8/h6,8H,1-5,7H2,(H,14,17,18). The zero-order valence-corrected chi connectivity index (χ0v) is 10.7. The number of hydrogen-bond donors (Lipinski definition) is 1. The molecule has 1 heterocycles. The van der Waals surface area contributed by atoms with Crippen LogP contribution in [0.4, 0.5) is 0 Å². The molecule has 1 N–H and O–H groups in total. The van der Waals surface area contributed by atoms with Gasteiger partial charge in [0.1, 0.15) is 5.02 Å². The van der Waals surface area contributed by atoms with Crippen LogP contribution in [0.3, 0.4) is 0 Å². The highest BCUT2D eigenvalue weighted by molar-refractivity contribution is 6.30. The molecule has 0 bridgehead atoms. The molecule has 1 fully saturated rings. The monoisotopic (exact) mass is 270 g/mol. The maximum absolute atomic E-state index is 12.0. The summed E-state index contributed by atoms with van der Waals surface area (Å²) < 4.78 is 1.17. The van der Waals surface area contributed by atoms with Crippen molar-refractivity contribution >= 4 is 17.4 Å². The van der Waals surface area contributed by atoms with E-state index in [1.54, 1.807) is 0 Å². The van der Waals surface area contributed by atoms with Crippen LogP contribution >= 0.6 is 11.6 Å². The molecule has 0 saturated heterocycles. The van der Waals surface area contributed by atoms with E-state index < -0.39 is 11.2 Å². The third-order valence-electron chi connectivity index (χ3n) is 3.35. The van der Waals surface area contributed by atoms with Crippen molar-refractivity contribution in [2.45, 2.75) is 38.6 Å². The third kappa shape index (κ3) is 2.90. The number of ketones is 1. The number of nitrogens with zero attached hydrogens (tertiary/aromatic N) is 1. The van der Waals surface area contributed by atoms with E-state index >= 15 is 0 Å². The van der Waals surface area contributed by atoms with Gasteiger partial charge in [0.15, 0.2) is 5.78 Å². The van der Waals surface area contributed by atoms with Gasteiger partial charge in [-0.15, -0.1) is 0 Å². The van der Waals surface area contributed by atoms with E-state index in [1.165, 1.54) is 17.2 Å². The summed E-state index contributed by atoms with van der Waals surface area (Å²) in [6, 6.07) is 0. The minimum absolute atomic E-state index is 0.0139. The number of aromatic nitrogens is 2. The van der Waals surface area contributed by atoms with Crippen molar-refractivity contribution in [1.82, 2.24) is 9.55 Å². The number of hydrogen-bond acceptors (Lipinski definition) is 3. The Balaban J connectivity index is 2.13. The van der Waals surface area contributed by atoms with Gasteiger partial charge in [0.25, 0.3) is 5.56 Å². The highest BCUT2D eigenvalue weighted by Gasteiger charge is 2.21. The van der Waals surface area contributed by atoms with Gasteiger partial charge in [-0.25, -0.2) is 4.79 Å². The van der Waals surface area contributed by atoms with Crippen LogP contribution in [0.25, 0.3) is 0 Å². The highest BCUT2D eigenvalue weighted by atomic mass is 35.5. The molecule has 1 aromatic rings. The van der Waals surface area contributed by atoms with Gasteiger partial charge in [-0.3, -0.25) is 19.1 Å². The van der Waals surface area contributed by atoms with Crippen molar-refractivity contribution in [1.29, 1.82) is 0 Å². The maximum atomic E-state index is 12.0. The van der Waals surface area contributed by atoms with Crippen molar-refractivity contribution in [3.63, 3.8) is 0 Å². The number of aromatic amines is 1. The number of halogens is 1. The molecule has 0 amide bonds. The fraction of sp³-hybridized carbons (Fsp3) is 0.583. The lowest BCUT2D eigenvalue weighted by Crippen LogP contribution is -2.33. The number of carbonyl (C=O) groups is 1. The van der Waals surface area contributed by atoms with Gasteiger partial charge >= 0.3 is 5.69 Å². The lowest BCUT2D eigenvalue weighted by atomic mass is 9.86. The zero-order chi connectivity index (χ0) is 13.1. The largest absolute Gasteiger partial charge is 0.328 e. The predicted molar refractivity (Wildman–Crippen MR) is 67.9 cm³/mol. The van der Waals surface area contributed by atoms with Crippen LogP contribution in [-0.2, 0) is 11.3 Å². The van der Waals surface area contributed by atoms with E-state index in [0.717, 1.165) is 25.7 Å². The summed E-state index contributed by atoms with van der Waals surface area (Å²) in [6.45, 7) is -0.0139. The summed E-state index contributed by atoms with van der Waals surface area (Å²) in [5.74, 6) is 0.0799. The Morgan fingerprint density at radius 3 is 2.67 bits per heavy atom. The first kappa shape index (κ1) is 13.1. The molecule has 1 aromatic heterocycles. The first-order chi connectivity index (χ1) is 8.58. The summed E-state index contributed by atoms with van der Waals surface area (Å²) in [6.07, 6.45) is 6.32. The summed E-state index contributed by atoms with van der Waals surface area (Å²) in [7, 11) is 0. The normalized spacial score (nSPS) is 16.7. The first-order valence-corrected chi connectivity index (χ1v) is 6.47. The number of H-pyrrole nitrogens is 1. The Kier molecular flexibility index (Phi) is 4.01. The van der Waals surface area contributed by atoms with Crippen LogP contribution < -0.4 is 11.2 Å². The molecule has 0 atom stereocenters.